The third-order valence-electron chi connectivity index (χ3n) is 2.02. The minimum atomic E-state index is -3.81. The molecule has 84 valence electrons. The molecular weight excluding hydrogens is 227 g/mol. The van der Waals surface area contributed by atoms with E-state index < -0.39 is 7.75 Å². The average Bonchev–Trinajstić information content (AvgIpc) is 2.82. The Kier molecular flexibility index (Phi) is 3.19. The molecule has 0 saturated heterocycles. The Bertz CT molecular complexity index is 484. The molecule has 1 unspecified atom stereocenters. The normalized spacial score (nSPS) is 14.6. The molecule has 0 bridgehead atoms. The standard InChI is InChI=1S/C10H11N2O3P/c13-16(14,12-7-6-11-9-12)15-8-10-4-2-1-3-5-10/h1-7,9H,8H2,(H,13,14). The van der Waals surface area contributed by atoms with Gasteiger partial charge >= 0.3 is 7.75 Å². The average molecular weight is 238 g/mol. The van der Waals surface area contributed by atoms with Crippen LogP contribution in [0.15, 0.2) is 49.1 Å². The maximum Gasteiger partial charge on any atom is 0.437 e. The van der Waals surface area contributed by atoms with Gasteiger partial charge in [-0.15, -0.1) is 0 Å². The van der Waals surface area contributed by atoms with Crippen molar-refractivity contribution in [2.75, 3.05) is 0 Å². The summed E-state index contributed by atoms with van der Waals surface area (Å²) in [4.78, 5) is 13.3. The molecule has 0 aliphatic rings. The van der Waals surface area contributed by atoms with Crippen LogP contribution in [0.3, 0.4) is 0 Å². The summed E-state index contributed by atoms with van der Waals surface area (Å²) in [5.41, 5.74) is 0.844. The van der Waals surface area contributed by atoms with E-state index in [1.165, 1.54) is 18.7 Å². The quantitative estimate of drug-likeness (QED) is 0.828. The maximum atomic E-state index is 11.7. The molecule has 0 fully saturated rings. The van der Waals surface area contributed by atoms with E-state index in [9.17, 15) is 9.46 Å². The number of rotatable bonds is 4. The molecular formula is C10H11N2O3P. The van der Waals surface area contributed by atoms with Crippen molar-refractivity contribution < 1.29 is 14.0 Å². The molecule has 0 saturated carbocycles. The molecule has 0 aliphatic carbocycles. The van der Waals surface area contributed by atoms with Crippen molar-refractivity contribution in [2.45, 2.75) is 6.61 Å². The van der Waals surface area contributed by atoms with E-state index in [0.29, 0.717) is 0 Å². The molecule has 2 rings (SSSR count). The molecule has 1 heterocycles. The van der Waals surface area contributed by atoms with Gasteiger partial charge in [0, 0.05) is 12.4 Å². The fraction of sp³-hybridized carbons (Fsp3) is 0.100. The van der Waals surface area contributed by atoms with Crippen LogP contribution in [0.2, 0.25) is 0 Å². The van der Waals surface area contributed by atoms with Crippen LogP contribution in [0, 0.1) is 0 Å². The van der Waals surface area contributed by atoms with Crippen molar-refractivity contribution in [1.82, 2.24) is 9.32 Å². The lowest BCUT2D eigenvalue weighted by Gasteiger charge is -2.12. The highest BCUT2D eigenvalue weighted by atomic mass is 31.2. The Labute approximate surface area is 92.9 Å². The topological polar surface area (TPSA) is 64.3 Å². The second-order valence-electron chi connectivity index (χ2n) is 3.19. The third kappa shape index (κ3) is 2.58. The van der Waals surface area contributed by atoms with Crippen LogP contribution < -0.4 is 0 Å². The van der Waals surface area contributed by atoms with Gasteiger partial charge in [0.25, 0.3) is 0 Å². The smallest absolute Gasteiger partial charge is 0.308 e. The van der Waals surface area contributed by atoms with Crippen LogP contribution in [-0.2, 0) is 15.7 Å². The minimum absolute atomic E-state index is 0.0901. The van der Waals surface area contributed by atoms with Crippen LogP contribution in [0.25, 0.3) is 0 Å². The van der Waals surface area contributed by atoms with E-state index in [0.717, 1.165) is 9.90 Å². The van der Waals surface area contributed by atoms with Gasteiger partial charge in [0.2, 0.25) is 0 Å². The maximum absolute atomic E-state index is 11.7. The number of benzene rings is 1. The van der Waals surface area contributed by atoms with Gasteiger partial charge in [0.1, 0.15) is 6.33 Å². The zero-order valence-electron chi connectivity index (χ0n) is 8.43. The highest BCUT2D eigenvalue weighted by Crippen LogP contribution is 2.43. The van der Waals surface area contributed by atoms with Crippen LogP contribution in [0.4, 0.5) is 0 Å². The van der Waals surface area contributed by atoms with Crippen LogP contribution in [-0.4, -0.2) is 14.2 Å². The van der Waals surface area contributed by atoms with E-state index in [1.54, 1.807) is 0 Å². The highest BCUT2D eigenvalue weighted by Gasteiger charge is 2.21. The first-order valence-electron chi connectivity index (χ1n) is 4.68. The number of aromatic nitrogens is 2. The van der Waals surface area contributed by atoms with E-state index in [2.05, 4.69) is 4.98 Å². The Morgan fingerprint density at radius 1 is 1.38 bits per heavy atom. The predicted octanol–water partition coefficient (Wildman–Crippen LogP) is 2.05. The summed E-state index contributed by atoms with van der Waals surface area (Å²) in [5.74, 6) is 0. The summed E-state index contributed by atoms with van der Waals surface area (Å²) in [6, 6.07) is 9.22. The van der Waals surface area contributed by atoms with Gasteiger partial charge in [-0.05, 0) is 5.56 Å². The minimum Gasteiger partial charge on any atom is -0.308 e. The number of nitrogens with zero attached hydrogens (tertiary/aromatic N) is 2. The molecule has 5 nitrogen and oxygen atoms in total. The van der Waals surface area contributed by atoms with Gasteiger partial charge < -0.3 is 4.89 Å². The number of imidazole rings is 1. The largest absolute Gasteiger partial charge is 0.437 e. The van der Waals surface area contributed by atoms with Crippen LogP contribution in [0.5, 0.6) is 0 Å². The van der Waals surface area contributed by atoms with Gasteiger partial charge in [-0.3, -0.25) is 4.52 Å². The molecule has 0 amide bonds. The summed E-state index contributed by atoms with van der Waals surface area (Å²) in [6.07, 6.45) is 4.08. The van der Waals surface area contributed by atoms with Crippen molar-refractivity contribution in [3.8, 4) is 0 Å². The molecule has 0 aliphatic heterocycles. The van der Waals surface area contributed by atoms with Crippen LogP contribution >= 0.6 is 7.75 Å². The summed E-state index contributed by atoms with van der Waals surface area (Å²) < 4.78 is 17.8. The van der Waals surface area contributed by atoms with Crippen molar-refractivity contribution in [3.05, 3.63) is 54.6 Å². The fourth-order valence-corrected chi connectivity index (χ4v) is 2.07. The summed E-state index contributed by atoms with van der Waals surface area (Å²) in [5, 5.41) is 0. The van der Waals surface area contributed by atoms with Crippen LogP contribution in [0.1, 0.15) is 5.56 Å². The Morgan fingerprint density at radius 3 is 2.75 bits per heavy atom. The summed E-state index contributed by atoms with van der Waals surface area (Å²) in [6.45, 7) is 0.0901. The second kappa shape index (κ2) is 4.61. The molecule has 0 spiro atoms. The first kappa shape index (κ1) is 11.1. The molecule has 1 aromatic heterocycles. The summed E-state index contributed by atoms with van der Waals surface area (Å²) in [7, 11) is -3.81. The zero-order chi connectivity index (χ0) is 11.4. The van der Waals surface area contributed by atoms with E-state index in [-0.39, 0.29) is 6.61 Å². The molecule has 2 aromatic rings. The van der Waals surface area contributed by atoms with Gasteiger partial charge in [0.05, 0.1) is 6.61 Å². The molecule has 1 N–H and O–H groups in total. The highest BCUT2D eigenvalue weighted by molar-refractivity contribution is 7.51. The number of hydrogen-bond acceptors (Lipinski definition) is 3. The van der Waals surface area contributed by atoms with Gasteiger partial charge in [-0.1, -0.05) is 30.3 Å². The molecule has 1 atom stereocenters. The fourth-order valence-electron chi connectivity index (χ4n) is 1.20. The lowest BCUT2D eigenvalue weighted by Crippen LogP contribution is -1.98. The zero-order valence-corrected chi connectivity index (χ0v) is 9.33. The molecule has 6 heteroatoms. The number of hydrogen-bond donors (Lipinski definition) is 1. The molecule has 1 aromatic carbocycles. The van der Waals surface area contributed by atoms with Gasteiger partial charge in [-0.2, -0.15) is 0 Å². The molecule has 0 radical (unpaired) electrons. The Hall–Kier alpha value is -1.42. The van der Waals surface area contributed by atoms with Gasteiger partial charge in [-0.25, -0.2) is 13.9 Å². The van der Waals surface area contributed by atoms with Crippen molar-refractivity contribution in [3.63, 3.8) is 0 Å². The first-order valence-corrected chi connectivity index (χ1v) is 6.21. The van der Waals surface area contributed by atoms with E-state index in [1.807, 2.05) is 30.3 Å². The summed E-state index contributed by atoms with van der Waals surface area (Å²) >= 11 is 0. The van der Waals surface area contributed by atoms with E-state index >= 15 is 0 Å². The van der Waals surface area contributed by atoms with Gasteiger partial charge in [0.15, 0.2) is 0 Å². The van der Waals surface area contributed by atoms with Crippen molar-refractivity contribution in [2.24, 2.45) is 0 Å². The van der Waals surface area contributed by atoms with E-state index in [4.69, 9.17) is 4.52 Å². The third-order valence-corrected chi connectivity index (χ3v) is 3.31. The van der Waals surface area contributed by atoms with Crippen molar-refractivity contribution in [1.29, 1.82) is 0 Å². The van der Waals surface area contributed by atoms with Crippen molar-refractivity contribution >= 4 is 7.75 Å². The first-order chi connectivity index (χ1) is 7.68. The predicted molar refractivity (Wildman–Crippen MR) is 58.7 cm³/mol. The molecule has 16 heavy (non-hydrogen) atoms. The second-order valence-corrected chi connectivity index (χ2v) is 4.89. The SMILES string of the molecule is O=P(O)(OCc1ccccc1)n1ccnc1. The monoisotopic (exact) mass is 238 g/mol. The Morgan fingerprint density at radius 2 is 2.12 bits per heavy atom. The Balaban J connectivity index is 2.03. The lowest BCUT2D eigenvalue weighted by atomic mass is 10.2. The lowest BCUT2D eigenvalue weighted by molar-refractivity contribution is 0.242.